The summed E-state index contributed by atoms with van der Waals surface area (Å²) in [5.41, 5.74) is 10.4. The average molecular weight is 1750 g/mol. The van der Waals surface area contributed by atoms with Crippen molar-refractivity contribution < 1.29 is 154 Å². The van der Waals surface area contributed by atoms with Gasteiger partial charge in [0.2, 0.25) is 53.7 Å². The molecule has 0 aromatic heterocycles. The fraction of sp³-hybridized carbons (Fsp3) is 0.410. The summed E-state index contributed by atoms with van der Waals surface area (Å²) in [5, 5.41) is 228. The Bertz CT molecular complexity index is 5210. The van der Waals surface area contributed by atoms with Crippen molar-refractivity contribution in [1.29, 1.82) is 0 Å². The molecule has 1 unspecified atom stereocenters. The molecule has 7 aromatic rings. The van der Waals surface area contributed by atoms with Crippen LogP contribution >= 0.6 is 11.6 Å². The summed E-state index contributed by atoms with van der Waals surface area (Å²) in [6.45, 7) is 3.45. The van der Waals surface area contributed by atoms with E-state index in [2.05, 4.69) is 35.6 Å². The molecule has 16 rings (SSSR count). The van der Waals surface area contributed by atoms with E-state index in [1.807, 2.05) is 0 Å². The Morgan fingerprint density at radius 1 is 0.524 bits per heavy atom. The maximum atomic E-state index is 15.0. The highest BCUT2D eigenvalue weighted by Crippen LogP contribution is 2.51. The van der Waals surface area contributed by atoms with Gasteiger partial charge in [0.05, 0.1) is 42.1 Å². The average Bonchev–Trinajstić information content (AvgIpc) is 0.765. The molecule has 0 spiro atoms. The smallest absolute Gasteiger partial charge is 0.333 e. The number of hydrogen-bond donors (Lipinski definition) is 23. The number of phenolic OH excluding ortho intramolecular Hbond substituents is 4. The number of aliphatic hydroxyl groups excluding tert-OH is 14. The summed E-state index contributed by atoms with van der Waals surface area (Å²) in [4.78, 5) is 51.4. The molecule has 9 aliphatic rings. The van der Waals surface area contributed by atoms with Crippen LogP contribution < -0.4 is 41.0 Å². The maximum Gasteiger partial charge on any atom is 0.333 e. The number of nitrogens with two attached hydrogens (primary N) is 2. The SMILES string of the molecule is CN[C@@H](C(=O)NC1C(O)=N[C@@H](c2ccc(O)cc2)C(O)=N[C@H]2C(O)=N[C@H]3C(O)=N[C@H](C(O)=N[C@@H](C(=O)O)c4cc(O)cc(O)c4-c4cc3ccc4O)[C@H](O[C@H]3C[C@@H](N)[C@@H](O)[C@H](C)O3)c3ccc(c(Cl)c3)Oc3cc2cc(c3O[C@@H]2O[C@H](CO)[C@@H](O)[C@H](O)[C@H]2O[C@H]2C[C@@H](N)[C@@H](O)[C@H](C)O2)Oc2ccc(cc2)[C@H]1O)c1ccc(O[C@@H]2O[C@@H](C)[C@H](O)[C@@H](O)[C@H]2O)cc1. The molecule has 27 atom stereocenters. The number of aromatic hydroxyl groups is 4. The number of amides is 1. The lowest BCUT2D eigenvalue weighted by Gasteiger charge is -2.44. The molecule has 124 heavy (non-hydrogen) atoms. The van der Waals surface area contributed by atoms with Crippen molar-refractivity contribution in [3.63, 3.8) is 0 Å². The van der Waals surface area contributed by atoms with Crippen molar-refractivity contribution >= 4 is 53.0 Å². The number of nitrogens with zero attached hydrogens (tertiary/aromatic N) is 5. The van der Waals surface area contributed by atoms with Gasteiger partial charge in [0.25, 0.3) is 0 Å². The number of halogens is 1. The molecule has 9 heterocycles. The van der Waals surface area contributed by atoms with Crippen LogP contribution in [0.2, 0.25) is 5.02 Å². The molecular formula is C83H92ClN9O31. The maximum absolute atomic E-state index is 15.0. The first kappa shape index (κ1) is 89.1. The van der Waals surface area contributed by atoms with Crippen molar-refractivity contribution in [1.82, 2.24) is 10.6 Å². The normalized spacial score (nSPS) is 32.4. The Morgan fingerprint density at radius 2 is 1.10 bits per heavy atom. The minimum absolute atomic E-state index is 0.0767. The summed E-state index contributed by atoms with van der Waals surface area (Å²) in [6.07, 6.45) is -28.6. The summed E-state index contributed by atoms with van der Waals surface area (Å²) in [5.74, 6) is -13.9. The van der Waals surface area contributed by atoms with Crippen LogP contribution in [-0.2, 0) is 38.0 Å². The molecule has 0 aliphatic carbocycles. The second-order valence-electron chi connectivity index (χ2n) is 30.8. The third-order valence-corrected chi connectivity index (χ3v) is 22.6. The van der Waals surface area contributed by atoms with Gasteiger partial charge in [-0.3, -0.25) is 4.79 Å². The Labute approximate surface area is 709 Å². The number of hydrogen-bond acceptors (Lipinski definition) is 33. The molecular weight excluding hydrogens is 1650 g/mol. The van der Waals surface area contributed by atoms with Crippen LogP contribution in [0.4, 0.5) is 0 Å². The zero-order chi connectivity index (χ0) is 88.9. The van der Waals surface area contributed by atoms with Crippen molar-refractivity contribution in [3.8, 4) is 68.6 Å². The lowest BCUT2D eigenvalue weighted by molar-refractivity contribution is -0.330. The van der Waals surface area contributed by atoms with Gasteiger partial charge in [-0.1, -0.05) is 60.1 Å². The lowest BCUT2D eigenvalue weighted by atomic mass is 9.90. The fourth-order valence-corrected chi connectivity index (χ4v) is 15.7. The quantitative estimate of drug-likeness (QED) is 0.0693. The molecule has 11 bridgehead atoms. The van der Waals surface area contributed by atoms with Crippen LogP contribution in [0.25, 0.3) is 11.1 Å². The van der Waals surface area contributed by atoms with Gasteiger partial charge in [0, 0.05) is 47.7 Å². The number of rotatable bonds is 15. The number of aliphatic hydroxyl groups is 14. The van der Waals surface area contributed by atoms with Crippen LogP contribution in [-0.4, -0.2) is 275 Å². The van der Waals surface area contributed by atoms with E-state index < -0.39 is 275 Å². The fourth-order valence-electron chi connectivity index (χ4n) is 15.5. The van der Waals surface area contributed by atoms with Gasteiger partial charge in [-0.05, 0) is 140 Å². The Balaban J connectivity index is 1.00. The van der Waals surface area contributed by atoms with E-state index in [-0.39, 0.29) is 63.7 Å². The predicted molar refractivity (Wildman–Crippen MR) is 433 cm³/mol. The molecule has 40 nitrogen and oxygen atoms in total. The topological polar surface area (TPSA) is 649 Å². The van der Waals surface area contributed by atoms with Crippen molar-refractivity contribution in [2.24, 2.45) is 36.4 Å². The molecule has 25 N–H and O–H groups in total. The number of carboxylic acids is 1. The largest absolute Gasteiger partial charge is 0.508 e. The van der Waals surface area contributed by atoms with Crippen LogP contribution in [0.3, 0.4) is 0 Å². The Kier molecular flexibility index (Phi) is 26.5. The second-order valence-corrected chi connectivity index (χ2v) is 31.2. The van der Waals surface area contributed by atoms with Gasteiger partial charge in [-0.25, -0.2) is 29.8 Å². The monoisotopic (exact) mass is 1750 g/mol. The number of fused-ring (bicyclic) bond motifs is 12. The van der Waals surface area contributed by atoms with E-state index in [1.54, 1.807) is 0 Å². The molecule has 0 radical (unpaired) electrons. The minimum atomic E-state index is -2.36. The highest BCUT2D eigenvalue weighted by atomic mass is 35.5. The summed E-state index contributed by atoms with van der Waals surface area (Å²) < 4.78 is 63.4. The van der Waals surface area contributed by atoms with E-state index in [0.717, 1.165) is 54.6 Å². The van der Waals surface area contributed by atoms with Gasteiger partial charge >= 0.3 is 5.97 Å². The van der Waals surface area contributed by atoms with Gasteiger partial charge < -0.3 is 166 Å². The van der Waals surface area contributed by atoms with Gasteiger partial charge in [-0.2, -0.15) is 0 Å². The first-order chi connectivity index (χ1) is 59.0. The predicted octanol–water partition coefficient (Wildman–Crippen LogP) is 3.85. The highest BCUT2D eigenvalue weighted by Gasteiger charge is 2.51. The summed E-state index contributed by atoms with van der Waals surface area (Å²) in [6, 6.07) is 9.62. The molecule has 9 aliphatic heterocycles. The van der Waals surface area contributed by atoms with E-state index in [9.17, 15) is 102 Å². The minimum Gasteiger partial charge on any atom is -0.508 e. The number of ether oxygens (including phenoxy) is 10. The van der Waals surface area contributed by atoms with E-state index in [0.29, 0.717) is 0 Å². The third-order valence-electron chi connectivity index (χ3n) is 22.3. The molecule has 41 heteroatoms. The Hall–Kier alpha value is -11.2. The van der Waals surface area contributed by atoms with Gasteiger partial charge in [0.1, 0.15) is 101 Å². The number of aliphatic imine (C=N–C) groups is 5. The Morgan fingerprint density at radius 3 is 1.73 bits per heavy atom. The number of likely N-dealkylation sites (N-methyl/N-ethyl adjacent to an activating group) is 1. The molecule has 4 fully saturated rings. The molecule has 0 saturated carbocycles. The number of carbonyl (C=O) groups excluding carboxylic acids is 1. The molecule has 4 saturated heterocycles. The van der Waals surface area contributed by atoms with Crippen molar-refractivity contribution in [2.75, 3.05) is 13.7 Å². The van der Waals surface area contributed by atoms with E-state index >= 15 is 4.79 Å². The first-order valence-corrected chi connectivity index (χ1v) is 39.5. The second kappa shape index (κ2) is 36.9. The van der Waals surface area contributed by atoms with Crippen LogP contribution in [0.1, 0.15) is 115 Å². The van der Waals surface area contributed by atoms with E-state index in [4.69, 9.17) is 70.4 Å². The highest BCUT2D eigenvalue weighted by molar-refractivity contribution is 6.32. The zero-order valence-corrected chi connectivity index (χ0v) is 66.8. The number of nitrogens with one attached hydrogen (secondary N) is 2. The molecule has 7 aromatic carbocycles. The number of benzene rings is 7. The third kappa shape index (κ3) is 18.5. The number of carboxylic acid groups (broad SMARTS) is 1. The molecule has 1 amide bonds. The molecule has 662 valence electrons. The van der Waals surface area contributed by atoms with Gasteiger partial charge in [0.15, 0.2) is 60.4 Å². The standard InChI is InChI=1S/C83H92ClN9O31/c1-30-64(99)46(85)27-54(115-30)122-72-37-12-20-50(45(84)22-37)120-52-24-38-23-51(73(52)124-83-74(70(105)68(103)53(29-94)121-83)123-55-28-47(86)65(100)31(2)116-55)118-41-17-9-35(10-18-41)67(102)62(92-75(107)57(87-4)33-7-15-42(16-8-33)119-82-71(106)69(104)66(101)32(3)117-82)79(111)88-58(34-5-13-39(95)14-6-34)76(108)90-60(38)78(110)89-59-36-11-19-48(97)43(21-36)56-44(25-40(96)26-49(56)98)61(81(113)114)91-80(112)63(72)93-77(59)109/h5-26,30-32,46-47,53-55,57-72,74,82-83,87,94-106H,27-29,85-86H2,1-4H3,(H,88,111)(H,89,110)(H,90,108)(H,91,112)(H,92,107)(H,93,109)(H,113,114)/t30-,31-,32-,46+,47+,53+,54-,55-,57+,58-,59+,60+,61+,62?,63-,64-,65-,66-,67+,68+,69+,70-,71+,72+,74+,82-,83-/m0/s1. The van der Waals surface area contributed by atoms with Crippen molar-refractivity contribution in [2.45, 2.75) is 199 Å². The van der Waals surface area contributed by atoms with Crippen LogP contribution in [0.5, 0.6) is 57.5 Å². The number of phenols is 4. The van der Waals surface area contributed by atoms with Crippen molar-refractivity contribution in [3.05, 3.63) is 177 Å². The summed E-state index contributed by atoms with van der Waals surface area (Å²) >= 11 is 7.40. The zero-order valence-electron chi connectivity index (χ0n) is 66.1. The van der Waals surface area contributed by atoms with Crippen LogP contribution in [0, 0.1) is 0 Å². The number of aliphatic carboxylic acids is 1. The van der Waals surface area contributed by atoms with Crippen LogP contribution in [0.15, 0.2) is 158 Å². The summed E-state index contributed by atoms with van der Waals surface area (Å²) in [7, 11) is 1.41. The number of carbonyl (C=O) groups is 2. The van der Waals surface area contributed by atoms with Gasteiger partial charge in [-0.15, -0.1) is 0 Å². The van der Waals surface area contributed by atoms with E-state index in [1.165, 1.54) is 107 Å². The lowest BCUT2D eigenvalue weighted by Crippen LogP contribution is -2.62. The first-order valence-electron chi connectivity index (χ1n) is 39.1.